The second kappa shape index (κ2) is 3.09. The summed E-state index contributed by atoms with van der Waals surface area (Å²) in [6.45, 7) is 2.64. The van der Waals surface area contributed by atoms with Crippen LogP contribution in [0.5, 0.6) is 0 Å². The first kappa shape index (κ1) is 8.10. The molecule has 3 nitrogen and oxygen atoms in total. The van der Waals surface area contributed by atoms with Gasteiger partial charge >= 0.3 is 0 Å². The Balaban J connectivity index is 2.84. The highest BCUT2D eigenvalue weighted by Gasteiger charge is 2.00. The van der Waals surface area contributed by atoms with Gasteiger partial charge in [-0.25, -0.2) is 0 Å². The molecule has 1 aliphatic rings. The molecule has 0 saturated heterocycles. The van der Waals surface area contributed by atoms with Crippen LogP contribution < -0.4 is 16.1 Å². The van der Waals surface area contributed by atoms with Crippen LogP contribution in [0, 0.1) is 0 Å². The van der Waals surface area contributed by atoms with Crippen LogP contribution >= 0.6 is 0 Å². The van der Waals surface area contributed by atoms with Gasteiger partial charge in [0.25, 0.3) is 5.56 Å². The summed E-state index contributed by atoms with van der Waals surface area (Å²) in [6.07, 6.45) is 8.73. The van der Waals surface area contributed by atoms with Gasteiger partial charge in [0, 0.05) is 6.54 Å². The van der Waals surface area contributed by atoms with E-state index in [0.717, 1.165) is 17.0 Å². The zero-order valence-electron chi connectivity index (χ0n) is 7.58. The third-order valence-electron chi connectivity index (χ3n) is 2.19. The number of aryl methyl sites for hydroxylation is 1. The van der Waals surface area contributed by atoms with Crippen molar-refractivity contribution in [3.8, 4) is 0 Å². The highest BCUT2D eigenvalue weighted by atomic mass is 16.1. The van der Waals surface area contributed by atoms with Gasteiger partial charge in [0.2, 0.25) is 0 Å². The number of nitrogens with one attached hydrogen (secondary N) is 1. The van der Waals surface area contributed by atoms with E-state index in [1.165, 1.54) is 0 Å². The molecule has 13 heavy (non-hydrogen) atoms. The van der Waals surface area contributed by atoms with Crippen LogP contribution in [0.1, 0.15) is 13.3 Å². The quantitative estimate of drug-likeness (QED) is 0.627. The van der Waals surface area contributed by atoms with Crippen molar-refractivity contribution in [2.24, 2.45) is 0 Å². The Morgan fingerprint density at radius 3 is 3.23 bits per heavy atom. The number of hydrogen-bond donors (Lipinski definition) is 1. The topological polar surface area (TPSA) is 37.8 Å². The molecule has 68 valence electrons. The number of fused-ring (bicyclic) bond motifs is 1. The minimum atomic E-state index is 0.0810. The highest BCUT2D eigenvalue weighted by Crippen LogP contribution is 1.86. The first-order valence-electron chi connectivity index (χ1n) is 4.49. The second-order valence-electron chi connectivity index (χ2n) is 3.02. The molecule has 3 heteroatoms. The van der Waals surface area contributed by atoms with Gasteiger partial charge in [0.1, 0.15) is 0 Å². The fraction of sp³-hybridized carbons (Fsp3) is 0.300. The van der Waals surface area contributed by atoms with Gasteiger partial charge in [0.05, 0.1) is 10.6 Å². The molecule has 1 heterocycles. The first-order chi connectivity index (χ1) is 6.33. The summed E-state index contributed by atoms with van der Waals surface area (Å²) in [4.78, 5) is 11.7. The standard InChI is InChI=1S/C10H12N2O/c1-2-12-10(13)8-6-4-3-5-7-9(8)11-12/h3,5-7,11H,2,4H2,1H3. The molecule has 0 amide bonds. The maximum atomic E-state index is 11.7. The minimum Gasteiger partial charge on any atom is -0.295 e. The molecule has 0 saturated carbocycles. The number of nitrogens with zero attached hydrogens (tertiary/aromatic N) is 1. The van der Waals surface area contributed by atoms with Crippen molar-refractivity contribution >= 4 is 12.2 Å². The molecule has 0 atom stereocenters. The van der Waals surface area contributed by atoms with E-state index in [1.54, 1.807) is 4.68 Å². The van der Waals surface area contributed by atoms with Gasteiger partial charge in [-0.1, -0.05) is 18.2 Å². The van der Waals surface area contributed by atoms with Crippen molar-refractivity contribution in [3.05, 3.63) is 33.1 Å². The summed E-state index contributed by atoms with van der Waals surface area (Å²) in [7, 11) is 0. The summed E-state index contributed by atoms with van der Waals surface area (Å²) in [6, 6.07) is 0. The van der Waals surface area contributed by atoms with Gasteiger partial charge in [-0.15, -0.1) is 0 Å². The normalized spacial score (nSPS) is 14.2. The van der Waals surface area contributed by atoms with Crippen molar-refractivity contribution in [2.45, 2.75) is 19.9 Å². The van der Waals surface area contributed by atoms with Crippen molar-refractivity contribution in [1.82, 2.24) is 9.78 Å². The number of hydrogen-bond acceptors (Lipinski definition) is 1. The van der Waals surface area contributed by atoms with Crippen LogP contribution in [-0.2, 0) is 6.54 Å². The van der Waals surface area contributed by atoms with E-state index in [0.29, 0.717) is 6.54 Å². The Morgan fingerprint density at radius 1 is 1.62 bits per heavy atom. The Hall–Kier alpha value is -1.51. The molecule has 0 aliphatic heterocycles. The van der Waals surface area contributed by atoms with Gasteiger partial charge < -0.3 is 0 Å². The Kier molecular flexibility index (Phi) is 1.93. The molecule has 0 aromatic carbocycles. The smallest absolute Gasteiger partial charge is 0.274 e. The largest absolute Gasteiger partial charge is 0.295 e. The monoisotopic (exact) mass is 176 g/mol. The molecule has 1 N–H and O–H groups in total. The SMILES string of the molecule is CCn1[nH]c2c(c1=O)=CCC=CC=2. The summed E-state index contributed by atoms with van der Waals surface area (Å²) < 4.78 is 1.62. The van der Waals surface area contributed by atoms with E-state index in [1.807, 2.05) is 31.2 Å². The zero-order chi connectivity index (χ0) is 9.26. The number of rotatable bonds is 1. The van der Waals surface area contributed by atoms with E-state index < -0.39 is 0 Å². The van der Waals surface area contributed by atoms with Crippen molar-refractivity contribution in [2.75, 3.05) is 0 Å². The number of allylic oxidation sites excluding steroid dienone is 2. The molecule has 0 radical (unpaired) electrons. The fourth-order valence-corrected chi connectivity index (χ4v) is 1.49. The number of H-pyrrole nitrogens is 1. The van der Waals surface area contributed by atoms with E-state index >= 15 is 0 Å². The molecule has 0 bridgehead atoms. The second-order valence-corrected chi connectivity index (χ2v) is 3.02. The minimum absolute atomic E-state index is 0.0810. The van der Waals surface area contributed by atoms with E-state index in [2.05, 4.69) is 5.10 Å². The molecule has 0 unspecified atom stereocenters. The van der Waals surface area contributed by atoms with Crippen molar-refractivity contribution in [1.29, 1.82) is 0 Å². The lowest BCUT2D eigenvalue weighted by Gasteiger charge is -1.90. The average molecular weight is 176 g/mol. The third kappa shape index (κ3) is 1.26. The van der Waals surface area contributed by atoms with Crippen LogP contribution in [0.15, 0.2) is 16.9 Å². The van der Waals surface area contributed by atoms with Crippen molar-refractivity contribution < 1.29 is 0 Å². The maximum Gasteiger partial charge on any atom is 0.274 e. The number of aromatic nitrogens is 2. The van der Waals surface area contributed by atoms with Gasteiger partial charge in [-0.2, -0.15) is 0 Å². The maximum absolute atomic E-state index is 11.7. The molecule has 1 aromatic heterocycles. The fourth-order valence-electron chi connectivity index (χ4n) is 1.49. The number of aromatic amines is 1. The molecular weight excluding hydrogens is 164 g/mol. The summed E-state index contributed by atoms with van der Waals surface area (Å²) in [5.41, 5.74) is 0.0810. The Labute approximate surface area is 75.7 Å². The summed E-state index contributed by atoms with van der Waals surface area (Å²) in [5, 5.41) is 4.77. The lowest BCUT2D eigenvalue weighted by molar-refractivity contribution is 0.632. The van der Waals surface area contributed by atoms with Gasteiger partial charge in [-0.3, -0.25) is 14.6 Å². The molecule has 1 aromatic rings. The zero-order valence-corrected chi connectivity index (χ0v) is 7.58. The van der Waals surface area contributed by atoms with Crippen LogP contribution in [0.3, 0.4) is 0 Å². The summed E-state index contributed by atoms with van der Waals surface area (Å²) >= 11 is 0. The summed E-state index contributed by atoms with van der Waals surface area (Å²) in [5.74, 6) is 0. The predicted octanol–water partition coefficient (Wildman–Crippen LogP) is -0.283. The molecule has 2 rings (SSSR count). The van der Waals surface area contributed by atoms with E-state index in [9.17, 15) is 4.79 Å². The van der Waals surface area contributed by atoms with E-state index in [-0.39, 0.29) is 5.56 Å². The highest BCUT2D eigenvalue weighted by molar-refractivity contribution is 5.41. The molecule has 0 spiro atoms. The van der Waals surface area contributed by atoms with Gasteiger partial charge in [0.15, 0.2) is 0 Å². The Bertz CT molecular complexity index is 502. The van der Waals surface area contributed by atoms with E-state index in [4.69, 9.17) is 0 Å². The lowest BCUT2D eigenvalue weighted by atomic mass is 10.3. The van der Waals surface area contributed by atoms with Crippen LogP contribution in [0.25, 0.3) is 12.2 Å². The van der Waals surface area contributed by atoms with Crippen LogP contribution in [-0.4, -0.2) is 9.78 Å². The Morgan fingerprint density at radius 2 is 2.46 bits per heavy atom. The first-order valence-corrected chi connectivity index (χ1v) is 4.49. The molecule has 1 aliphatic carbocycles. The average Bonchev–Trinajstić information content (AvgIpc) is 2.37. The molecular formula is C10H12N2O. The molecule has 0 fully saturated rings. The third-order valence-corrected chi connectivity index (χ3v) is 2.19. The lowest BCUT2D eigenvalue weighted by Crippen LogP contribution is -2.34. The predicted molar refractivity (Wildman–Crippen MR) is 52.7 cm³/mol. The van der Waals surface area contributed by atoms with Crippen LogP contribution in [0.4, 0.5) is 0 Å². The van der Waals surface area contributed by atoms with Crippen LogP contribution in [0.2, 0.25) is 0 Å². The van der Waals surface area contributed by atoms with Crippen molar-refractivity contribution in [3.63, 3.8) is 0 Å². The van der Waals surface area contributed by atoms with Gasteiger partial charge in [-0.05, 0) is 19.4 Å².